The number of amides is 1. The Morgan fingerprint density at radius 2 is 1.79 bits per heavy atom. The molecule has 0 saturated heterocycles. The van der Waals surface area contributed by atoms with E-state index in [4.69, 9.17) is 17.3 Å². The first-order valence-electron chi connectivity index (χ1n) is 14.7. The number of benzene rings is 1. The SMILES string of the molecule is CN(CCC1CCCCC1)Cc1cc(O)c2c(c1Cl)C[C@H]1C[C@H]3[C@H](N(C)C)C(=O)C(C(N)=O)=C(O)[C@@]3(O)C(=O)C1=C2O. The van der Waals surface area contributed by atoms with Crippen molar-refractivity contribution >= 4 is 34.8 Å². The van der Waals surface area contributed by atoms with Gasteiger partial charge in [0, 0.05) is 23.1 Å². The Kier molecular flexibility index (Phi) is 8.21. The number of hydrogen-bond donors (Lipinski definition) is 5. The third-order valence-electron chi connectivity index (χ3n) is 9.81. The second-order valence-corrected chi connectivity index (χ2v) is 13.1. The van der Waals surface area contributed by atoms with E-state index >= 15 is 0 Å². The molecule has 42 heavy (non-hydrogen) atoms. The summed E-state index contributed by atoms with van der Waals surface area (Å²) >= 11 is 6.90. The zero-order valence-electron chi connectivity index (χ0n) is 24.3. The number of halogens is 1. The van der Waals surface area contributed by atoms with Crippen molar-refractivity contribution in [2.45, 2.75) is 69.6 Å². The molecule has 4 aliphatic carbocycles. The molecule has 4 aliphatic rings. The van der Waals surface area contributed by atoms with Gasteiger partial charge in [0.05, 0.1) is 11.6 Å². The maximum Gasteiger partial charge on any atom is 0.255 e. The molecule has 0 radical (unpaired) electrons. The highest BCUT2D eigenvalue weighted by molar-refractivity contribution is 6.32. The molecule has 0 bridgehead atoms. The van der Waals surface area contributed by atoms with Gasteiger partial charge in [0.1, 0.15) is 22.8 Å². The number of phenolic OH excluding ortho intramolecular Hbond substituents is 1. The molecule has 0 heterocycles. The number of primary amides is 1. The summed E-state index contributed by atoms with van der Waals surface area (Å²) in [5.74, 6) is -6.04. The fourth-order valence-electron chi connectivity index (χ4n) is 7.71. The van der Waals surface area contributed by atoms with Crippen molar-refractivity contribution < 1.29 is 34.8 Å². The maximum atomic E-state index is 13.9. The number of Topliss-reactive ketones (excluding diaryl/α,β-unsaturated/α-hetero) is 2. The molecule has 228 valence electrons. The van der Waals surface area contributed by atoms with Crippen LogP contribution in [0.2, 0.25) is 5.02 Å². The molecule has 5 rings (SSSR count). The van der Waals surface area contributed by atoms with Crippen LogP contribution in [0.3, 0.4) is 0 Å². The Labute approximate surface area is 250 Å². The Morgan fingerprint density at radius 3 is 2.40 bits per heavy atom. The Morgan fingerprint density at radius 1 is 1.12 bits per heavy atom. The minimum Gasteiger partial charge on any atom is -0.508 e. The van der Waals surface area contributed by atoms with Crippen LogP contribution in [0.4, 0.5) is 0 Å². The normalized spacial score (nSPS) is 28.3. The first-order chi connectivity index (χ1) is 19.8. The Bertz CT molecular complexity index is 1400. The van der Waals surface area contributed by atoms with Crippen LogP contribution in [0.15, 0.2) is 23.0 Å². The molecule has 0 aromatic heterocycles. The van der Waals surface area contributed by atoms with E-state index < -0.39 is 58.0 Å². The summed E-state index contributed by atoms with van der Waals surface area (Å²) < 4.78 is 0. The van der Waals surface area contributed by atoms with Crippen LogP contribution in [0.25, 0.3) is 5.76 Å². The van der Waals surface area contributed by atoms with E-state index in [1.807, 2.05) is 7.05 Å². The van der Waals surface area contributed by atoms with Crippen molar-refractivity contribution in [3.05, 3.63) is 44.7 Å². The minimum absolute atomic E-state index is 0.00454. The Hall–Kier alpha value is -2.92. The van der Waals surface area contributed by atoms with Crippen molar-refractivity contribution in [2.75, 3.05) is 27.7 Å². The number of carbonyl (C=O) groups is 3. The number of aliphatic hydroxyl groups is 3. The fraction of sp³-hybridized carbons (Fsp3) is 0.581. The zero-order valence-corrected chi connectivity index (χ0v) is 25.1. The van der Waals surface area contributed by atoms with Gasteiger partial charge < -0.3 is 31.1 Å². The number of nitrogens with zero attached hydrogens (tertiary/aromatic N) is 2. The molecular formula is C31H40ClN3O7. The Balaban J connectivity index is 1.51. The predicted molar refractivity (Wildman–Crippen MR) is 157 cm³/mol. The van der Waals surface area contributed by atoms with Crippen molar-refractivity contribution in [1.29, 1.82) is 0 Å². The second kappa shape index (κ2) is 11.3. The maximum absolute atomic E-state index is 13.9. The molecule has 6 N–H and O–H groups in total. The molecule has 11 heteroatoms. The summed E-state index contributed by atoms with van der Waals surface area (Å²) in [6.45, 7) is 1.37. The lowest BCUT2D eigenvalue weighted by atomic mass is 9.57. The second-order valence-electron chi connectivity index (χ2n) is 12.7. The van der Waals surface area contributed by atoms with Crippen LogP contribution >= 0.6 is 11.6 Å². The predicted octanol–water partition coefficient (Wildman–Crippen LogP) is 3.02. The number of ketones is 2. The van der Waals surface area contributed by atoms with Gasteiger partial charge in [-0.3, -0.25) is 19.3 Å². The first kappa shape index (κ1) is 30.5. The van der Waals surface area contributed by atoms with Crippen molar-refractivity contribution in [2.24, 2.45) is 23.5 Å². The van der Waals surface area contributed by atoms with Crippen LogP contribution in [-0.4, -0.2) is 87.0 Å². The minimum atomic E-state index is -2.66. The molecule has 1 aromatic carbocycles. The largest absolute Gasteiger partial charge is 0.508 e. The van der Waals surface area contributed by atoms with Crippen molar-refractivity contribution in [1.82, 2.24) is 9.80 Å². The van der Waals surface area contributed by atoms with Crippen LogP contribution < -0.4 is 5.73 Å². The third kappa shape index (κ3) is 4.82. The third-order valence-corrected chi connectivity index (χ3v) is 10.3. The van der Waals surface area contributed by atoms with Crippen LogP contribution in [0, 0.1) is 17.8 Å². The lowest BCUT2D eigenvalue weighted by molar-refractivity contribution is -0.153. The van der Waals surface area contributed by atoms with Gasteiger partial charge in [0.15, 0.2) is 11.4 Å². The van der Waals surface area contributed by atoms with Gasteiger partial charge >= 0.3 is 0 Å². The van der Waals surface area contributed by atoms with Gasteiger partial charge in [-0.05, 0) is 76.0 Å². The van der Waals surface area contributed by atoms with Gasteiger partial charge in [-0.15, -0.1) is 0 Å². The molecule has 2 saturated carbocycles. The number of aromatic hydroxyl groups is 1. The molecule has 1 amide bonds. The summed E-state index contributed by atoms with van der Waals surface area (Å²) in [5.41, 5.74) is 2.87. The van der Waals surface area contributed by atoms with E-state index in [1.54, 1.807) is 14.1 Å². The first-order valence-corrected chi connectivity index (χ1v) is 15.0. The average Bonchev–Trinajstić information content (AvgIpc) is 2.92. The lowest BCUT2D eigenvalue weighted by Gasteiger charge is -2.50. The molecule has 4 atom stereocenters. The van der Waals surface area contributed by atoms with E-state index in [2.05, 4.69) is 4.90 Å². The summed E-state index contributed by atoms with van der Waals surface area (Å²) in [4.78, 5) is 42.9. The van der Waals surface area contributed by atoms with Gasteiger partial charge in [-0.25, -0.2) is 0 Å². The number of fused-ring (bicyclic) bond motifs is 3. The summed E-state index contributed by atoms with van der Waals surface area (Å²) in [5, 5.41) is 45.5. The van der Waals surface area contributed by atoms with Gasteiger partial charge in [-0.2, -0.15) is 0 Å². The number of carbonyl (C=O) groups excluding carboxylic acids is 3. The smallest absolute Gasteiger partial charge is 0.255 e. The summed E-state index contributed by atoms with van der Waals surface area (Å²) in [7, 11) is 5.15. The number of likely N-dealkylation sites (N-methyl/N-ethyl adjacent to an activating group) is 1. The molecule has 0 spiro atoms. The van der Waals surface area contributed by atoms with Gasteiger partial charge in [0.2, 0.25) is 5.78 Å². The molecule has 1 aromatic rings. The number of aliphatic hydroxyl groups excluding tert-OH is 2. The number of nitrogens with two attached hydrogens (primary N) is 1. The monoisotopic (exact) mass is 601 g/mol. The summed E-state index contributed by atoms with van der Waals surface area (Å²) in [6, 6.07) is 0.361. The van der Waals surface area contributed by atoms with E-state index in [0.29, 0.717) is 22.7 Å². The van der Waals surface area contributed by atoms with E-state index in [1.165, 1.54) is 43.1 Å². The standard InChI is InChI=1S/C31H40ClN3O7/c1-34(2)25-19-12-16-11-18-22(26(37)21(16)28(39)31(19,42)29(40)23(27(25)38)30(33)41)20(36)13-17(24(18)32)14-35(3)10-9-15-7-5-4-6-8-15/h13,15-16,19,25,36-37,40,42H,4-12,14H2,1-3H3,(H2,33,41)/t16-,19-,25-,31-/m0/s1. The van der Waals surface area contributed by atoms with E-state index in [-0.39, 0.29) is 29.7 Å². The topological polar surface area (TPSA) is 165 Å². The molecule has 2 fully saturated rings. The fourth-order valence-corrected chi connectivity index (χ4v) is 8.00. The van der Waals surface area contributed by atoms with Crippen LogP contribution in [0.1, 0.15) is 61.6 Å². The van der Waals surface area contributed by atoms with Gasteiger partial charge in [0.25, 0.3) is 5.91 Å². The molecular weight excluding hydrogens is 562 g/mol. The number of rotatable bonds is 7. The van der Waals surface area contributed by atoms with Crippen LogP contribution in [0.5, 0.6) is 5.75 Å². The van der Waals surface area contributed by atoms with E-state index in [0.717, 1.165) is 18.9 Å². The quantitative estimate of drug-likeness (QED) is 0.295. The van der Waals surface area contributed by atoms with Gasteiger partial charge in [-0.1, -0.05) is 43.7 Å². The van der Waals surface area contributed by atoms with Crippen molar-refractivity contribution in [3.8, 4) is 5.75 Å². The highest BCUT2D eigenvalue weighted by Crippen LogP contribution is 2.53. The highest BCUT2D eigenvalue weighted by Gasteiger charge is 2.64. The number of phenols is 1. The van der Waals surface area contributed by atoms with Crippen molar-refractivity contribution in [3.63, 3.8) is 0 Å². The highest BCUT2D eigenvalue weighted by atomic mass is 35.5. The summed E-state index contributed by atoms with van der Waals surface area (Å²) in [6.07, 6.45) is 7.68. The lowest BCUT2D eigenvalue weighted by Crippen LogP contribution is -2.65. The molecule has 0 aliphatic heterocycles. The molecule has 0 unspecified atom stereocenters. The molecule has 10 nitrogen and oxygen atoms in total. The van der Waals surface area contributed by atoms with Crippen LogP contribution in [-0.2, 0) is 27.3 Å². The average molecular weight is 602 g/mol. The van der Waals surface area contributed by atoms with E-state index in [9.17, 15) is 34.8 Å². The number of hydrogen-bond acceptors (Lipinski definition) is 9. The zero-order chi connectivity index (χ0) is 30.7.